The van der Waals surface area contributed by atoms with Gasteiger partial charge in [-0.05, 0) is 18.6 Å². The molecule has 0 amide bonds. The first kappa shape index (κ1) is 21.2. The molecule has 0 aliphatic rings. The van der Waals surface area contributed by atoms with Crippen LogP contribution in [0.4, 0.5) is 0 Å². The summed E-state index contributed by atoms with van der Waals surface area (Å²) < 4.78 is 5.20. The molecule has 0 bridgehead atoms. The van der Waals surface area contributed by atoms with Gasteiger partial charge in [0.2, 0.25) is 0 Å². The molecule has 140 valence electrons. The average Bonchev–Trinajstić information content (AvgIpc) is 2.62. The Morgan fingerprint density at radius 3 is 1.80 bits per heavy atom. The maximum Gasteiger partial charge on any atom is 0.339 e. The van der Waals surface area contributed by atoms with Crippen LogP contribution in [0.15, 0.2) is 24.3 Å². The van der Waals surface area contributed by atoms with Crippen LogP contribution in [0.3, 0.4) is 0 Å². The van der Waals surface area contributed by atoms with E-state index >= 15 is 0 Å². The molecule has 25 heavy (non-hydrogen) atoms. The van der Waals surface area contributed by atoms with E-state index in [1.54, 1.807) is 12.1 Å². The van der Waals surface area contributed by atoms with Crippen LogP contribution in [0.25, 0.3) is 0 Å². The summed E-state index contributed by atoms with van der Waals surface area (Å²) in [5.41, 5.74) is 0.115. The lowest BCUT2D eigenvalue weighted by Gasteiger charge is -2.07. The maximum absolute atomic E-state index is 12.0. The van der Waals surface area contributed by atoms with E-state index in [0.717, 1.165) is 19.3 Å². The van der Waals surface area contributed by atoms with Crippen LogP contribution in [0.2, 0.25) is 0 Å². The molecule has 0 unspecified atom stereocenters. The highest BCUT2D eigenvalue weighted by Crippen LogP contribution is 2.13. The van der Waals surface area contributed by atoms with E-state index in [4.69, 9.17) is 9.84 Å². The van der Waals surface area contributed by atoms with E-state index in [2.05, 4.69) is 6.92 Å². The Morgan fingerprint density at radius 1 is 0.800 bits per heavy atom. The van der Waals surface area contributed by atoms with E-state index in [0.29, 0.717) is 6.61 Å². The lowest BCUT2D eigenvalue weighted by molar-refractivity contribution is 0.0487. The van der Waals surface area contributed by atoms with Gasteiger partial charge in [0.1, 0.15) is 0 Å². The highest BCUT2D eigenvalue weighted by atomic mass is 16.5. The van der Waals surface area contributed by atoms with Gasteiger partial charge in [0, 0.05) is 0 Å². The molecular formula is C21H32O4. The van der Waals surface area contributed by atoms with Gasteiger partial charge in [-0.1, -0.05) is 83.3 Å². The second kappa shape index (κ2) is 13.5. The quantitative estimate of drug-likeness (QED) is 0.338. The Bertz CT molecular complexity index is 510. The number of esters is 1. The fourth-order valence-electron chi connectivity index (χ4n) is 2.86. The summed E-state index contributed by atoms with van der Waals surface area (Å²) in [6.45, 7) is 2.59. The zero-order valence-corrected chi connectivity index (χ0v) is 15.5. The molecule has 1 N–H and O–H groups in total. The summed E-state index contributed by atoms with van der Waals surface area (Å²) in [4.78, 5) is 23.1. The van der Waals surface area contributed by atoms with E-state index in [1.165, 1.54) is 63.5 Å². The van der Waals surface area contributed by atoms with Crippen LogP contribution < -0.4 is 0 Å². The third-order valence-corrected chi connectivity index (χ3v) is 4.36. The summed E-state index contributed by atoms with van der Waals surface area (Å²) in [5.74, 6) is -1.66. The number of carboxylic acids is 1. The zero-order valence-electron chi connectivity index (χ0n) is 15.5. The largest absolute Gasteiger partial charge is 0.478 e. The molecular weight excluding hydrogens is 316 g/mol. The van der Waals surface area contributed by atoms with Crippen molar-refractivity contribution >= 4 is 11.9 Å². The highest BCUT2D eigenvalue weighted by Gasteiger charge is 2.16. The Labute approximate surface area is 151 Å². The number of hydrogen-bond acceptors (Lipinski definition) is 3. The van der Waals surface area contributed by atoms with Crippen molar-refractivity contribution in [3.05, 3.63) is 35.4 Å². The highest BCUT2D eigenvalue weighted by molar-refractivity contribution is 6.02. The minimum Gasteiger partial charge on any atom is -0.478 e. The normalized spacial score (nSPS) is 10.6. The molecule has 4 heteroatoms. The van der Waals surface area contributed by atoms with Gasteiger partial charge in [0.25, 0.3) is 0 Å². The Kier molecular flexibility index (Phi) is 11.4. The first-order chi connectivity index (χ1) is 12.2. The van der Waals surface area contributed by atoms with Crippen molar-refractivity contribution in [2.45, 2.75) is 77.6 Å². The molecule has 1 aromatic carbocycles. The van der Waals surface area contributed by atoms with Crippen molar-refractivity contribution in [2.24, 2.45) is 0 Å². The number of unbranched alkanes of at least 4 members (excludes halogenated alkanes) is 10. The topological polar surface area (TPSA) is 63.6 Å². The van der Waals surface area contributed by atoms with Crippen LogP contribution in [0, 0.1) is 0 Å². The molecule has 0 aliphatic heterocycles. The molecule has 0 aliphatic carbocycles. The Balaban J connectivity index is 2.05. The molecule has 0 radical (unpaired) electrons. The van der Waals surface area contributed by atoms with Gasteiger partial charge in [-0.2, -0.15) is 0 Å². The monoisotopic (exact) mass is 348 g/mol. The van der Waals surface area contributed by atoms with Gasteiger partial charge < -0.3 is 9.84 Å². The molecule has 0 saturated carbocycles. The fraction of sp³-hybridized carbons (Fsp3) is 0.619. The van der Waals surface area contributed by atoms with E-state index in [1.807, 2.05) is 0 Å². The lowest BCUT2D eigenvalue weighted by Crippen LogP contribution is -2.12. The molecule has 0 saturated heterocycles. The molecule has 0 spiro atoms. The summed E-state index contributed by atoms with van der Waals surface area (Å²) in [6, 6.07) is 6.16. The van der Waals surface area contributed by atoms with Gasteiger partial charge in [-0.15, -0.1) is 0 Å². The SMILES string of the molecule is CCCCCCCCCCCCCOC(=O)c1ccccc1C(=O)O. The molecule has 0 heterocycles. The predicted molar refractivity (Wildman–Crippen MR) is 100 cm³/mol. The molecule has 0 atom stereocenters. The van der Waals surface area contributed by atoms with Crippen LogP contribution in [-0.4, -0.2) is 23.7 Å². The van der Waals surface area contributed by atoms with Gasteiger partial charge >= 0.3 is 11.9 Å². The summed E-state index contributed by atoms with van der Waals surface area (Å²) in [6.07, 6.45) is 13.6. The third kappa shape index (κ3) is 9.28. The lowest BCUT2D eigenvalue weighted by atomic mass is 10.1. The molecule has 1 aromatic rings. The van der Waals surface area contributed by atoms with Gasteiger partial charge in [0.05, 0.1) is 17.7 Å². The van der Waals surface area contributed by atoms with Crippen molar-refractivity contribution in [1.29, 1.82) is 0 Å². The second-order valence-corrected chi connectivity index (χ2v) is 6.52. The van der Waals surface area contributed by atoms with E-state index in [9.17, 15) is 9.59 Å². The number of ether oxygens (including phenoxy) is 1. The Morgan fingerprint density at radius 2 is 1.28 bits per heavy atom. The van der Waals surface area contributed by atoms with Crippen LogP contribution >= 0.6 is 0 Å². The minimum atomic E-state index is -1.11. The smallest absolute Gasteiger partial charge is 0.339 e. The van der Waals surface area contributed by atoms with Crippen molar-refractivity contribution in [3.63, 3.8) is 0 Å². The minimum absolute atomic E-state index is 0.00793. The number of rotatable bonds is 14. The van der Waals surface area contributed by atoms with E-state index < -0.39 is 11.9 Å². The number of aromatic carboxylic acids is 1. The number of carbonyl (C=O) groups excluding carboxylic acids is 1. The predicted octanol–water partition coefficient (Wildman–Crippen LogP) is 5.85. The van der Waals surface area contributed by atoms with Crippen molar-refractivity contribution in [3.8, 4) is 0 Å². The van der Waals surface area contributed by atoms with Gasteiger partial charge in [-0.25, -0.2) is 9.59 Å². The summed E-state index contributed by atoms with van der Waals surface area (Å²) in [5, 5.41) is 9.08. The first-order valence-corrected chi connectivity index (χ1v) is 9.66. The second-order valence-electron chi connectivity index (χ2n) is 6.52. The van der Waals surface area contributed by atoms with Gasteiger partial charge in [0.15, 0.2) is 0 Å². The Hall–Kier alpha value is -1.84. The maximum atomic E-state index is 12.0. The van der Waals surface area contributed by atoms with E-state index in [-0.39, 0.29) is 11.1 Å². The molecule has 1 rings (SSSR count). The van der Waals surface area contributed by atoms with Crippen molar-refractivity contribution < 1.29 is 19.4 Å². The summed E-state index contributed by atoms with van der Waals surface area (Å²) in [7, 11) is 0. The van der Waals surface area contributed by atoms with Crippen LogP contribution in [0.5, 0.6) is 0 Å². The number of benzene rings is 1. The summed E-state index contributed by atoms with van der Waals surface area (Å²) >= 11 is 0. The number of hydrogen-bond donors (Lipinski definition) is 1. The third-order valence-electron chi connectivity index (χ3n) is 4.36. The van der Waals surface area contributed by atoms with Gasteiger partial charge in [-0.3, -0.25) is 0 Å². The molecule has 0 aromatic heterocycles. The molecule has 4 nitrogen and oxygen atoms in total. The first-order valence-electron chi connectivity index (χ1n) is 9.66. The average molecular weight is 348 g/mol. The van der Waals surface area contributed by atoms with Crippen LogP contribution in [-0.2, 0) is 4.74 Å². The van der Waals surface area contributed by atoms with Crippen molar-refractivity contribution in [2.75, 3.05) is 6.61 Å². The van der Waals surface area contributed by atoms with Crippen LogP contribution in [0.1, 0.15) is 98.3 Å². The zero-order chi connectivity index (χ0) is 18.3. The number of carbonyl (C=O) groups is 2. The number of carboxylic acid groups (broad SMARTS) is 1. The fourth-order valence-corrected chi connectivity index (χ4v) is 2.86. The molecule has 0 fully saturated rings. The standard InChI is InChI=1S/C21H32O4/c1-2-3-4-5-6-7-8-9-10-11-14-17-25-21(24)19-16-13-12-15-18(19)20(22)23/h12-13,15-16H,2-11,14,17H2,1H3,(H,22,23). The van der Waals surface area contributed by atoms with Crippen molar-refractivity contribution in [1.82, 2.24) is 0 Å².